The van der Waals surface area contributed by atoms with Crippen LogP contribution < -0.4 is 20.8 Å². The molecule has 0 aliphatic heterocycles. The monoisotopic (exact) mass is 275 g/mol. The van der Waals surface area contributed by atoms with Gasteiger partial charge in [-0.3, -0.25) is 4.79 Å². The lowest BCUT2D eigenvalue weighted by atomic mass is 10.0. The van der Waals surface area contributed by atoms with Crippen LogP contribution in [-0.4, -0.2) is 24.0 Å². The van der Waals surface area contributed by atoms with E-state index in [0.717, 1.165) is 5.56 Å². The lowest BCUT2D eigenvalue weighted by molar-refractivity contribution is 0.396. The maximum Gasteiger partial charge on any atom is 0.266 e. The molecule has 2 N–H and O–H groups in total. The molecule has 0 amide bonds. The van der Waals surface area contributed by atoms with Gasteiger partial charge in [-0.15, -0.1) is 0 Å². The van der Waals surface area contributed by atoms with Gasteiger partial charge in [-0.25, -0.2) is 4.68 Å². The Labute approximate surface area is 116 Å². The Morgan fingerprint density at radius 1 is 1.20 bits per heavy atom. The molecule has 1 heterocycles. The van der Waals surface area contributed by atoms with E-state index in [0.29, 0.717) is 17.2 Å². The van der Waals surface area contributed by atoms with Crippen LogP contribution in [0.4, 0.5) is 0 Å². The van der Waals surface area contributed by atoms with Crippen molar-refractivity contribution in [2.45, 2.75) is 6.04 Å². The van der Waals surface area contributed by atoms with Crippen LogP contribution in [0.1, 0.15) is 17.3 Å². The second-order valence-corrected chi connectivity index (χ2v) is 4.31. The highest BCUT2D eigenvalue weighted by atomic mass is 16.5. The zero-order valence-corrected chi connectivity index (χ0v) is 11.7. The van der Waals surface area contributed by atoms with Gasteiger partial charge in [0.15, 0.2) is 0 Å². The third-order valence-electron chi connectivity index (χ3n) is 3.07. The fourth-order valence-corrected chi connectivity index (χ4v) is 1.93. The Hall–Kier alpha value is -2.34. The van der Waals surface area contributed by atoms with E-state index >= 15 is 0 Å². The zero-order chi connectivity index (χ0) is 14.7. The number of hydrogen-bond acceptors (Lipinski definition) is 5. The standard InChI is InChI=1S/C14H17N3O3/c1-17-13(18)7-5-11(16-17)14(15)10-8-9(19-2)4-6-12(10)20-3/h4-8,14H,15H2,1-3H3. The number of hydrogen-bond donors (Lipinski definition) is 1. The van der Waals surface area contributed by atoms with Gasteiger partial charge >= 0.3 is 0 Å². The summed E-state index contributed by atoms with van der Waals surface area (Å²) in [6.07, 6.45) is 0. The minimum Gasteiger partial charge on any atom is -0.497 e. The predicted octanol–water partition coefficient (Wildman–Crippen LogP) is 0.846. The third-order valence-corrected chi connectivity index (χ3v) is 3.07. The molecule has 0 radical (unpaired) electrons. The van der Waals surface area contributed by atoms with Crippen molar-refractivity contribution in [3.05, 3.63) is 51.9 Å². The molecule has 1 atom stereocenters. The fraction of sp³-hybridized carbons (Fsp3) is 0.286. The van der Waals surface area contributed by atoms with Gasteiger partial charge in [0.2, 0.25) is 0 Å². The van der Waals surface area contributed by atoms with Gasteiger partial charge in [-0.1, -0.05) is 0 Å². The number of aromatic nitrogens is 2. The van der Waals surface area contributed by atoms with Crippen LogP contribution >= 0.6 is 0 Å². The van der Waals surface area contributed by atoms with Crippen molar-refractivity contribution in [3.8, 4) is 11.5 Å². The molecular formula is C14H17N3O3. The lowest BCUT2D eigenvalue weighted by Gasteiger charge is -2.16. The van der Waals surface area contributed by atoms with E-state index in [9.17, 15) is 4.79 Å². The maximum absolute atomic E-state index is 11.4. The summed E-state index contributed by atoms with van der Waals surface area (Å²) in [5.74, 6) is 1.33. The minimum absolute atomic E-state index is 0.182. The molecule has 2 aromatic rings. The zero-order valence-electron chi connectivity index (χ0n) is 11.7. The summed E-state index contributed by atoms with van der Waals surface area (Å²) in [7, 11) is 4.75. The molecule has 1 aromatic heterocycles. The molecule has 20 heavy (non-hydrogen) atoms. The second kappa shape index (κ2) is 5.75. The molecule has 2 rings (SSSR count). The number of benzene rings is 1. The van der Waals surface area contributed by atoms with Gasteiger partial charge in [0.25, 0.3) is 5.56 Å². The van der Waals surface area contributed by atoms with Gasteiger partial charge in [0, 0.05) is 18.7 Å². The maximum atomic E-state index is 11.4. The summed E-state index contributed by atoms with van der Waals surface area (Å²) in [5, 5.41) is 4.16. The lowest BCUT2D eigenvalue weighted by Crippen LogP contribution is -2.23. The highest BCUT2D eigenvalue weighted by Gasteiger charge is 2.17. The molecule has 0 fully saturated rings. The second-order valence-electron chi connectivity index (χ2n) is 4.31. The van der Waals surface area contributed by atoms with Crippen LogP contribution in [0.15, 0.2) is 35.1 Å². The first kappa shape index (κ1) is 14.1. The van der Waals surface area contributed by atoms with Crippen LogP contribution in [0.5, 0.6) is 11.5 Å². The average molecular weight is 275 g/mol. The summed E-state index contributed by atoms with van der Waals surface area (Å²) in [4.78, 5) is 11.4. The van der Waals surface area contributed by atoms with Crippen LogP contribution in [0, 0.1) is 0 Å². The molecule has 0 aliphatic rings. The number of nitrogens with zero attached hydrogens (tertiary/aromatic N) is 2. The van der Waals surface area contributed by atoms with Crippen LogP contribution in [-0.2, 0) is 7.05 Å². The van der Waals surface area contributed by atoms with Crippen molar-refractivity contribution in [3.63, 3.8) is 0 Å². The molecule has 0 saturated carbocycles. The highest BCUT2D eigenvalue weighted by Crippen LogP contribution is 2.30. The average Bonchev–Trinajstić information content (AvgIpc) is 2.48. The Balaban J connectivity index is 2.48. The third kappa shape index (κ3) is 2.65. The van der Waals surface area contributed by atoms with Crippen molar-refractivity contribution in [2.75, 3.05) is 14.2 Å². The largest absolute Gasteiger partial charge is 0.497 e. The summed E-state index contributed by atoms with van der Waals surface area (Å²) in [5.41, 5.74) is 7.37. The smallest absolute Gasteiger partial charge is 0.266 e. The predicted molar refractivity (Wildman–Crippen MR) is 75.1 cm³/mol. The van der Waals surface area contributed by atoms with E-state index in [1.54, 1.807) is 45.5 Å². The molecule has 1 aromatic carbocycles. The highest BCUT2D eigenvalue weighted by molar-refractivity contribution is 5.44. The molecule has 0 aliphatic carbocycles. The van der Waals surface area contributed by atoms with Crippen molar-refractivity contribution >= 4 is 0 Å². The molecule has 106 valence electrons. The molecule has 0 bridgehead atoms. The van der Waals surface area contributed by atoms with Gasteiger partial charge in [-0.2, -0.15) is 5.10 Å². The van der Waals surface area contributed by atoms with Gasteiger partial charge in [0.1, 0.15) is 11.5 Å². The first-order valence-electron chi connectivity index (χ1n) is 6.08. The number of nitrogens with two attached hydrogens (primary N) is 1. The minimum atomic E-state index is -0.508. The van der Waals surface area contributed by atoms with E-state index in [4.69, 9.17) is 15.2 Å². The molecule has 1 unspecified atom stereocenters. The van der Waals surface area contributed by atoms with Crippen LogP contribution in [0.2, 0.25) is 0 Å². The van der Waals surface area contributed by atoms with E-state index in [-0.39, 0.29) is 5.56 Å². The SMILES string of the molecule is COc1ccc(OC)c(C(N)c2ccc(=O)n(C)n2)c1. The molecule has 6 heteroatoms. The van der Waals surface area contributed by atoms with Gasteiger partial charge in [0.05, 0.1) is 26.0 Å². The fourth-order valence-electron chi connectivity index (χ4n) is 1.93. The Morgan fingerprint density at radius 3 is 2.55 bits per heavy atom. The summed E-state index contributed by atoms with van der Waals surface area (Å²) in [6, 6.07) is 7.93. The molecule has 0 saturated heterocycles. The summed E-state index contributed by atoms with van der Waals surface area (Å²) in [6.45, 7) is 0. The normalized spacial score (nSPS) is 12.0. The summed E-state index contributed by atoms with van der Waals surface area (Å²) >= 11 is 0. The molecular weight excluding hydrogens is 258 g/mol. The summed E-state index contributed by atoms with van der Waals surface area (Å²) < 4.78 is 11.8. The Bertz CT molecular complexity index is 667. The van der Waals surface area contributed by atoms with Crippen molar-refractivity contribution < 1.29 is 9.47 Å². The van der Waals surface area contributed by atoms with Crippen molar-refractivity contribution in [1.82, 2.24) is 9.78 Å². The van der Waals surface area contributed by atoms with Gasteiger partial charge in [-0.05, 0) is 24.3 Å². The van der Waals surface area contributed by atoms with Crippen molar-refractivity contribution in [2.24, 2.45) is 12.8 Å². The number of aryl methyl sites for hydroxylation is 1. The van der Waals surface area contributed by atoms with E-state index in [1.165, 1.54) is 10.7 Å². The van der Waals surface area contributed by atoms with Crippen molar-refractivity contribution in [1.29, 1.82) is 0 Å². The number of rotatable bonds is 4. The topological polar surface area (TPSA) is 79.4 Å². The Kier molecular flexibility index (Phi) is 4.05. The van der Waals surface area contributed by atoms with E-state index in [2.05, 4.69) is 5.10 Å². The first-order chi connectivity index (χ1) is 9.56. The van der Waals surface area contributed by atoms with Crippen LogP contribution in [0.3, 0.4) is 0 Å². The quantitative estimate of drug-likeness (QED) is 0.894. The van der Waals surface area contributed by atoms with E-state index < -0.39 is 6.04 Å². The van der Waals surface area contributed by atoms with Crippen LogP contribution in [0.25, 0.3) is 0 Å². The number of methoxy groups -OCH3 is 2. The van der Waals surface area contributed by atoms with E-state index in [1.807, 2.05) is 0 Å². The molecule has 6 nitrogen and oxygen atoms in total. The number of ether oxygens (including phenoxy) is 2. The first-order valence-corrected chi connectivity index (χ1v) is 6.08. The van der Waals surface area contributed by atoms with Gasteiger partial charge < -0.3 is 15.2 Å². The Morgan fingerprint density at radius 2 is 1.95 bits per heavy atom. The molecule has 0 spiro atoms.